The van der Waals surface area contributed by atoms with E-state index in [9.17, 15) is 9.18 Å². The molecule has 0 spiro atoms. The van der Waals surface area contributed by atoms with E-state index in [1.54, 1.807) is 12.1 Å². The Morgan fingerprint density at radius 1 is 1.23 bits per heavy atom. The molecular weight excluding hydrogens is 283 g/mol. The van der Waals surface area contributed by atoms with E-state index in [4.69, 9.17) is 0 Å². The van der Waals surface area contributed by atoms with Crippen molar-refractivity contribution in [2.24, 2.45) is 4.99 Å². The molecular formula is C16H23FN4O. The average Bonchev–Trinajstić information content (AvgIpc) is 3.06. The first-order chi connectivity index (χ1) is 10.7. The molecule has 0 unspecified atom stereocenters. The molecule has 1 amide bonds. The molecule has 6 heteroatoms. The third-order valence-corrected chi connectivity index (χ3v) is 3.54. The van der Waals surface area contributed by atoms with Crippen LogP contribution in [0.2, 0.25) is 0 Å². The Balaban J connectivity index is 1.86. The second-order valence-corrected chi connectivity index (χ2v) is 5.26. The van der Waals surface area contributed by atoms with Gasteiger partial charge in [-0.25, -0.2) is 9.38 Å². The van der Waals surface area contributed by atoms with E-state index < -0.39 is 0 Å². The second-order valence-electron chi connectivity index (χ2n) is 5.26. The second kappa shape index (κ2) is 8.36. The van der Waals surface area contributed by atoms with Crippen LogP contribution in [-0.4, -0.2) is 42.9 Å². The lowest BCUT2D eigenvalue weighted by atomic mass is 10.2. The zero-order valence-corrected chi connectivity index (χ0v) is 12.9. The fourth-order valence-corrected chi connectivity index (χ4v) is 2.34. The summed E-state index contributed by atoms with van der Waals surface area (Å²) in [5.74, 6) is 0.443. The van der Waals surface area contributed by atoms with Gasteiger partial charge in [0.1, 0.15) is 5.82 Å². The summed E-state index contributed by atoms with van der Waals surface area (Å²) in [6.45, 7) is 5.07. The van der Waals surface area contributed by atoms with Gasteiger partial charge in [-0.05, 0) is 37.5 Å². The van der Waals surface area contributed by atoms with Crippen LogP contribution in [0.3, 0.4) is 0 Å². The predicted octanol–water partition coefficient (Wildman–Crippen LogP) is 1.50. The number of carbonyl (C=O) groups excluding carboxylic acids is 1. The molecule has 2 N–H and O–H groups in total. The van der Waals surface area contributed by atoms with Crippen molar-refractivity contribution >= 4 is 11.9 Å². The van der Waals surface area contributed by atoms with Crippen molar-refractivity contribution in [3.05, 3.63) is 35.6 Å². The first-order valence-corrected chi connectivity index (χ1v) is 7.73. The van der Waals surface area contributed by atoms with Crippen molar-refractivity contribution in [1.29, 1.82) is 0 Å². The first-order valence-electron chi connectivity index (χ1n) is 7.73. The highest BCUT2D eigenvalue weighted by molar-refractivity contribution is 5.86. The van der Waals surface area contributed by atoms with Gasteiger partial charge >= 0.3 is 0 Å². The molecule has 0 atom stereocenters. The van der Waals surface area contributed by atoms with E-state index in [0.717, 1.165) is 31.5 Å². The Labute approximate surface area is 130 Å². The summed E-state index contributed by atoms with van der Waals surface area (Å²) in [7, 11) is 0. The van der Waals surface area contributed by atoms with Crippen molar-refractivity contribution in [1.82, 2.24) is 15.5 Å². The van der Waals surface area contributed by atoms with Crippen LogP contribution in [0.5, 0.6) is 0 Å². The Bertz CT molecular complexity index is 509. The predicted molar refractivity (Wildman–Crippen MR) is 85.0 cm³/mol. The minimum atomic E-state index is -0.256. The van der Waals surface area contributed by atoms with Crippen molar-refractivity contribution < 1.29 is 9.18 Å². The molecule has 1 aromatic rings. The largest absolute Gasteiger partial charge is 0.357 e. The van der Waals surface area contributed by atoms with E-state index in [1.807, 2.05) is 11.8 Å². The SMILES string of the molecule is CCNC(=NCc1ccc(F)cc1)NCC(=O)N1CCCC1. The third-order valence-electron chi connectivity index (χ3n) is 3.54. The number of likely N-dealkylation sites (tertiary alicyclic amines) is 1. The highest BCUT2D eigenvalue weighted by Gasteiger charge is 2.17. The van der Waals surface area contributed by atoms with Crippen LogP contribution in [0.4, 0.5) is 4.39 Å². The molecule has 0 bridgehead atoms. The van der Waals surface area contributed by atoms with Crippen LogP contribution < -0.4 is 10.6 Å². The lowest BCUT2D eigenvalue weighted by Gasteiger charge is -2.17. The zero-order valence-electron chi connectivity index (χ0n) is 12.9. The Kier molecular flexibility index (Phi) is 6.18. The standard InChI is InChI=1S/C16H23FN4O/c1-2-18-16(19-11-13-5-7-14(17)8-6-13)20-12-15(22)21-9-3-4-10-21/h5-8H,2-4,9-12H2,1H3,(H2,18,19,20). The Morgan fingerprint density at radius 3 is 2.55 bits per heavy atom. The van der Waals surface area contributed by atoms with Gasteiger partial charge in [0.25, 0.3) is 0 Å². The highest BCUT2D eigenvalue weighted by atomic mass is 19.1. The van der Waals surface area contributed by atoms with E-state index in [2.05, 4.69) is 15.6 Å². The molecule has 1 aliphatic heterocycles. The summed E-state index contributed by atoms with van der Waals surface area (Å²) >= 11 is 0. The fraction of sp³-hybridized carbons (Fsp3) is 0.500. The minimum Gasteiger partial charge on any atom is -0.357 e. The average molecular weight is 306 g/mol. The number of halogens is 1. The number of carbonyl (C=O) groups is 1. The summed E-state index contributed by atoms with van der Waals surface area (Å²) in [5, 5.41) is 6.16. The van der Waals surface area contributed by atoms with Crippen LogP contribution in [0.1, 0.15) is 25.3 Å². The van der Waals surface area contributed by atoms with E-state index in [0.29, 0.717) is 19.0 Å². The summed E-state index contributed by atoms with van der Waals surface area (Å²) < 4.78 is 12.9. The van der Waals surface area contributed by atoms with Gasteiger partial charge in [-0.3, -0.25) is 4.79 Å². The zero-order chi connectivity index (χ0) is 15.8. The maximum atomic E-state index is 12.9. The molecule has 1 aromatic carbocycles. The fourth-order valence-electron chi connectivity index (χ4n) is 2.34. The van der Waals surface area contributed by atoms with Crippen molar-refractivity contribution in [3.63, 3.8) is 0 Å². The highest BCUT2D eigenvalue weighted by Crippen LogP contribution is 2.07. The van der Waals surface area contributed by atoms with Gasteiger partial charge in [0.2, 0.25) is 5.91 Å². The molecule has 1 aliphatic rings. The van der Waals surface area contributed by atoms with E-state index >= 15 is 0 Å². The maximum Gasteiger partial charge on any atom is 0.241 e. The number of amides is 1. The van der Waals surface area contributed by atoms with Crippen LogP contribution in [0, 0.1) is 5.82 Å². The number of hydrogen-bond acceptors (Lipinski definition) is 2. The normalized spacial score (nSPS) is 15.0. The lowest BCUT2D eigenvalue weighted by molar-refractivity contribution is -0.128. The van der Waals surface area contributed by atoms with E-state index in [-0.39, 0.29) is 18.3 Å². The quantitative estimate of drug-likeness (QED) is 0.640. The van der Waals surface area contributed by atoms with E-state index in [1.165, 1.54) is 12.1 Å². The number of aliphatic imine (C=N–C) groups is 1. The van der Waals surface area contributed by atoms with Crippen molar-refractivity contribution in [2.75, 3.05) is 26.2 Å². The van der Waals surface area contributed by atoms with Crippen LogP contribution in [0.15, 0.2) is 29.3 Å². The number of hydrogen-bond donors (Lipinski definition) is 2. The molecule has 1 fully saturated rings. The maximum absolute atomic E-state index is 12.9. The monoisotopic (exact) mass is 306 g/mol. The molecule has 0 saturated carbocycles. The summed E-state index contributed by atoms with van der Waals surface area (Å²) in [5.41, 5.74) is 0.921. The molecule has 22 heavy (non-hydrogen) atoms. The molecule has 0 aromatic heterocycles. The third kappa shape index (κ3) is 5.02. The van der Waals surface area contributed by atoms with Crippen LogP contribution in [0.25, 0.3) is 0 Å². The Morgan fingerprint density at radius 2 is 1.91 bits per heavy atom. The van der Waals surface area contributed by atoms with Gasteiger partial charge in [-0.15, -0.1) is 0 Å². The molecule has 120 valence electrons. The number of rotatable bonds is 5. The molecule has 2 rings (SSSR count). The number of nitrogens with zero attached hydrogens (tertiary/aromatic N) is 2. The summed E-state index contributed by atoms with van der Waals surface area (Å²) in [4.78, 5) is 18.3. The molecule has 1 heterocycles. The molecule has 1 saturated heterocycles. The van der Waals surface area contributed by atoms with Gasteiger partial charge < -0.3 is 15.5 Å². The molecule has 5 nitrogen and oxygen atoms in total. The van der Waals surface area contributed by atoms with Gasteiger partial charge in [-0.1, -0.05) is 12.1 Å². The first kappa shape index (κ1) is 16.3. The van der Waals surface area contributed by atoms with Crippen molar-refractivity contribution in [3.8, 4) is 0 Å². The molecule has 0 aliphatic carbocycles. The van der Waals surface area contributed by atoms with Gasteiger partial charge in [0.05, 0.1) is 13.1 Å². The van der Waals surface area contributed by atoms with Gasteiger partial charge in [0.15, 0.2) is 5.96 Å². The summed E-state index contributed by atoms with van der Waals surface area (Å²) in [6.07, 6.45) is 2.18. The van der Waals surface area contributed by atoms with Crippen molar-refractivity contribution in [2.45, 2.75) is 26.3 Å². The van der Waals surface area contributed by atoms with Gasteiger partial charge in [-0.2, -0.15) is 0 Å². The number of nitrogens with one attached hydrogen (secondary N) is 2. The summed E-state index contributed by atoms with van der Waals surface area (Å²) in [6, 6.07) is 6.25. The lowest BCUT2D eigenvalue weighted by Crippen LogP contribution is -2.44. The van der Waals surface area contributed by atoms with Crippen LogP contribution in [-0.2, 0) is 11.3 Å². The Hall–Kier alpha value is -2.11. The topological polar surface area (TPSA) is 56.7 Å². The smallest absolute Gasteiger partial charge is 0.241 e. The number of benzene rings is 1. The minimum absolute atomic E-state index is 0.102. The van der Waals surface area contributed by atoms with Gasteiger partial charge in [0, 0.05) is 19.6 Å². The number of guanidine groups is 1. The molecule has 0 radical (unpaired) electrons. The van der Waals surface area contributed by atoms with Crippen LogP contribution >= 0.6 is 0 Å².